The van der Waals surface area contributed by atoms with Gasteiger partial charge in [0.05, 0.1) is 24.4 Å². The van der Waals surface area contributed by atoms with Crippen LogP contribution in [0, 0.1) is 17.1 Å². The van der Waals surface area contributed by atoms with Crippen molar-refractivity contribution in [1.29, 1.82) is 5.26 Å². The molecule has 0 saturated carbocycles. The Morgan fingerprint density at radius 3 is 2.44 bits per heavy atom. The van der Waals surface area contributed by atoms with Crippen molar-refractivity contribution in [2.24, 2.45) is 0 Å². The molecule has 0 heterocycles. The second-order valence-electron chi connectivity index (χ2n) is 3.66. The van der Waals surface area contributed by atoms with E-state index in [1.807, 2.05) is 6.07 Å². The van der Waals surface area contributed by atoms with E-state index in [2.05, 4.69) is 5.32 Å². The predicted molar refractivity (Wildman–Crippen MR) is 67.4 cm³/mol. The molecule has 2 aromatic rings. The van der Waals surface area contributed by atoms with Crippen LogP contribution in [0.1, 0.15) is 5.56 Å². The van der Waals surface area contributed by atoms with Crippen LogP contribution >= 0.6 is 0 Å². The largest absolute Gasteiger partial charge is 0.497 e. The number of rotatable bonds is 3. The maximum Gasteiger partial charge on any atom is 0.147 e. The summed E-state index contributed by atoms with van der Waals surface area (Å²) in [6.07, 6.45) is 0. The summed E-state index contributed by atoms with van der Waals surface area (Å²) in [7, 11) is 1.59. The molecule has 0 aliphatic heterocycles. The molecule has 0 amide bonds. The first-order valence-electron chi connectivity index (χ1n) is 5.33. The molecule has 18 heavy (non-hydrogen) atoms. The summed E-state index contributed by atoms with van der Waals surface area (Å²) in [4.78, 5) is 0. The molecule has 0 aromatic heterocycles. The first-order chi connectivity index (χ1) is 8.72. The van der Waals surface area contributed by atoms with Crippen molar-refractivity contribution in [3.05, 3.63) is 53.8 Å². The number of nitriles is 1. The van der Waals surface area contributed by atoms with Gasteiger partial charge in [0.2, 0.25) is 0 Å². The molecular weight excluding hydrogens is 231 g/mol. The molecule has 0 fully saturated rings. The van der Waals surface area contributed by atoms with Crippen molar-refractivity contribution in [2.75, 3.05) is 12.4 Å². The molecule has 0 saturated heterocycles. The highest BCUT2D eigenvalue weighted by molar-refractivity contribution is 5.61. The molecule has 2 aromatic carbocycles. The number of methoxy groups -OCH3 is 1. The highest BCUT2D eigenvalue weighted by Gasteiger charge is 2.03. The van der Waals surface area contributed by atoms with Crippen molar-refractivity contribution in [2.45, 2.75) is 0 Å². The standard InChI is InChI=1S/C14H11FN2O/c1-18-12-5-3-11(4-6-12)17-14-7-2-10(9-16)8-13(14)15/h2-8,17H,1H3. The summed E-state index contributed by atoms with van der Waals surface area (Å²) in [5, 5.41) is 11.6. The van der Waals surface area contributed by atoms with Crippen molar-refractivity contribution in [1.82, 2.24) is 0 Å². The van der Waals surface area contributed by atoms with Gasteiger partial charge < -0.3 is 10.1 Å². The first-order valence-corrected chi connectivity index (χ1v) is 5.33. The van der Waals surface area contributed by atoms with E-state index in [4.69, 9.17) is 10.00 Å². The molecule has 0 aliphatic carbocycles. The number of halogens is 1. The van der Waals surface area contributed by atoms with Gasteiger partial charge in [0, 0.05) is 5.69 Å². The number of anilines is 2. The molecule has 0 spiro atoms. The minimum Gasteiger partial charge on any atom is -0.497 e. The number of hydrogen-bond donors (Lipinski definition) is 1. The van der Waals surface area contributed by atoms with Crippen LogP contribution in [0.5, 0.6) is 5.75 Å². The molecule has 2 rings (SSSR count). The Morgan fingerprint density at radius 2 is 1.89 bits per heavy atom. The van der Waals surface area contributed by atoms with Gasteiger partial charge in [0.25, 0.3) is 0 Å². The third-order valence-electron chi connectivity index (χ3n) is 2.47. The topological polar surface area (TPSA) is 45.0 Å². The van der Waals surface area contributed by atoms with E-state index in [0.29, 0.717) is 11.3 Å². The Kier molecular flexibility index (Phi) is 3.44. The summed E-state index contributed by atoms with van der Waals surface area (Å²) in [5.74, 6) is 0.283. The van der Waals surface area contributed by atoms with Crippen LogP contribution in [0.2, 0.25) is 0 Å². The fraction of sp³-hybridized carbons (Fsp3) is 0.0714. The molecular formula is C14H11FN2O. The average Bonchev–Trinajstić information content (AvgIpc) is 2.42. The quantitative estimate of drug-likeness (QED) is 0.896. The molecule has 0 bridgehead atoms. The normalized spacial score (nSPS) is 9.61. The van der Waals surface area contributed by atoms with Gasteiger partial charge in [-0.2, -0.15) is 5.26 Å². The van der Waals surface area contributed by atoms with E-state index in [9.17, 15) is 4.39 Å². The molecule has 4 heteroatoms. The Bertz CT molecular complexity index is 588. The zero-order valence-electron chi connectivity index (χ0n) is 9.77. The van der Waals surface area contributed by atoms with Crippen molar-refractivity contribution in [3.63, 3.8) is 0 Å². The molecule has 0 radical (unpaired) electrons. The molecule has 90 valence electrons. The van der Waals surface area contributed by atoms with Crippen LogP contribution < -0.4 is 10.1 Å². The SMILES string of the molecule is COc1ccc(Nc2ccc(C#N)cc2F)cc1. The van der Waals surface area contributed by atoms with Crippen LogP contribution in [-0.2, 0) is 0 Å². The summed E-state index contributed by atoms with van der Waals surface area (Å²) in [5.41, 5.74) is 1.38. The second-order valence-corrected chi connectivity index (χ2v) is 3.66. The van der Waals surface area contributed by atoms with E-state index in [-0.39, 0.29) is 0 Å². The Hall–Kier alpha value is -2.54. The second kappa shape index (κ2) is 5.19. The summed E-state index contributed by atoms with van der Waals surface area (Å²) in [6, 6.07) is 13.3. The molecule has 0 atom stereocenters. The third kappa shape index (κ3) is 2.58. The molecule has 3 nitrogen and oxygen atoms in total. The Balaban J connectivity index is 2.20. The van der Waals surface area contributed by atoms with Gasteiger partial charge in [-0.25, -0.2) is 4.39 Å². The van der Waals surface area contributed by atoms with Crippen LogP contribution in [0.4, 0.5) is 15.8 Å². The first kappa shape index (κ1) is 11.9. The van der Waals surface area contributed by atoms with Gasteiger partial charge in [-0.15, -0.1) is 0 Å². The van der Waals surface area contributed by atoms with E-state index in [1.54, 1.807) is 37.4 Å². The van der Waals surface area contributed by atoms with E-state index < -0.39 is 5.82 Å². The van der Waals surface area contributed by atoms with Crippen molar-refractivity contribution < 1.29 is 9.13 Å². The lowest BCUT2D eigenvalue weighted by atomic mass is 10.2. The third-order valence-corrected chi connectivity index (χ3v) is 2.47. The number of ether oxygens (including phenoxy) is 1. The summed E-state index contributed by atoms with van der Waals surface area (Å²) < 4.78 is 18.7. The molecule has 0 unspecified atom stereocenters. The molecule has 1 N–H and O–H groups in total. The van der Waals surface area contributed by atoms with Gasteiger partial charge in [0.1, 0.15) is 11.6 Å². The number of nitrogens with zero attached hydrogens (tertiary/aromatic N) is 1. The van der Waals surface area contributed by atoms with Crippen LogP contribution in [0.25, 0.3) is 0 Å². The van der Waals surface area contributed by atoms with Gasteiger partial charge in [-0.3, -0.25) is 0 Å². The maximum atomic E-state index is 13.6. The highest BCUT2D eigenvalue weighted by atomic mass is 19.1. The monoisotopic (exact) mass is 242 g/mol. The van der Waals surface area contributed by atoms with Gasteiger partial charge >= 0.3 is 0 Å². The van der Waals surface area contributed by atoms with Crippen molar-refractivity contribution in [3.8, 4) is 11.8 Å². The zero-order valence-corrected chi connectivity index (χ0v) is 9.77. The fourth-order valence-corrected chi connectivity index (χ4v) is 1.52. The maximum absolute atomic E-state index is 13.6. The van der Waals surface area contributed by atoms with Crippen LogP contribution in [0.3, 0.4) is 0 Å². The number of hydrogen-bond acceptors (Lipinski definition) is 3. The number of benzene rings is 2. The molecule has 0 aliphatic rings. The lowest BCUT2D eigenvalue weighted by molar-refractivity contribution is 0.415. The highest BCUT2D eigenvalue weighted by Crippen LogP contribution is 2.22. The van der Waals surface area contributed by atoms with Crippen molar-refractivity contribution >= 4 is 11.4 Å². The summed E-state index contributed by atoms with van der Waals surface area (Å²) in [6.45, 7) is 0. The average molecular weight is 242 g/mol. The smallest absolute Gasteiger partial charge is 0.147 e. The van der Waals surface area contributed by atoms with E-state index in [0.717, 1.165) is 11.4 Å². The Labute approximate surface area is 104 Å². The van der Waals surface area contributed by atoms with Gasteiger partial charge in [0.15, 0.2) is 0 Å². The minimum absolute atomic E-state index is 0.299. The number of nitrogens with one attached hydrogen (secondary N) is 1. The Morgan fingerprint density at radius 1 is 1.17 bits per heavy atom. The summed E-state index contributed by atoms with van der Waals surface area (Å²) >= 11 is 0. The van der Waals surface area contributed by atoms with E-state index in [1.165, 1.54) is 12.1 Å². The fourth-order valence-electron chi connectivity index (χ4n) is 1.52. The zero-order chi connectivity index (χ0) is 13.0. The van der Waals surface area contributed by atoms with E-state index >= 15 is 0 Å². The lowest BCUT2D eigenvalue weighted by Gasteiger charge is -2.08. The minimum atomic E-state index is -0.454. The van der Waals surface area contributed by atoms with Gasteiger partial charge in [-0.05, 0) is 42.5 Å². The predicted octanol–water partition coefficient (Wildman–Crippen LogP) is 3.45. The lowest BCUT2D eigenvalue weighted by Crippen LogP contribution is -1.94. The van der Waals surface area contributed by atoms with Crippen LogP contribution in [0.15, 0.2) is 42.5 Å². The van der Waals surface area contributed by atoms with Gasteiger partial charge in [-0.1, -0.05) is 0 Å². The van der Waals surface area contributed by atoms with Crippen LogP contribution in [-0.4, -0.2) is 7.11 Å².